The van der Waals surface area contributed by atoms with E-state index in [4.69, 9.17) is 4.74 Å². The molecule has 28 heavy (non-hydrogen) atoms. The quantitative estimate of drug-likeness (QED) is 0.413. The van der Waals surface area contributed by atoms with Gasteiger partial charge in [0.15, 0.2) is 5.16 Å². The van der Waals surface area contributed by atoms with Crippen molar-refractivity contribution >= 4 is 35.1 Å². The van der Waals surface area contributed by atoms with Crippen molar-refractivity contribution in [2.75, 3.05) is 18.2 Å². The number of carbonyl (C=O) groups excluding carboxylic acids is 1. The Morgan fingerprint density at radius 3 is 2.46 bits per heavy atom. The summed E-state index contributed by atoms with van der Waals surface area (Å²) in [6.45, 7) is 1.98. The van der Waals surface area contributed by atoms with Crippen LogP contribution in [-0.4, -0.2) is 28.7 Å². The molecule has 0 spiro atoms. The van der Waals surface area contributed by atoms with E-state index in [2.05, 4.69) is 15.3 Å². The van der Waals surface area contributed by atoms with E-state index in [-0.39, 0.29) is 5.91 Å². The SMILES string of the molecule is COc1ccc(SCCC(=O)Nc2ccc(Sc3ncccn3)cc2C)cc1. The van der Waals surface area contributed by atoms with E-state index in [1.165, 1.54) is 11.8 Å². The van der Waals surface area contributed by atoms with Gasteiger partial charge in [-0.2, -0.15) is 0 Å². The molecule has 1 N–H and O–H groups in total. The molecule has 0 bridgehead atoms. The lowest BCUT2D eigenvalue weighted by atomic mass is 10.2. The highest BCUT2D eigenvalue weighted by atomic mass is 32.2. The van der Waals surface area contributed by atoms with Crippen molar-refractivity contribution in [1.82, 2.24) is 9.97 Å². The van der Waals surface area contributed by atoms with E-state index < -0.39 is 0 Å². The van der Waals surface area contributed by atoms with Crippen LogP contribution in [0.25, 0.3) is 0 Å². The molecule has 144 valence electrons. The molecule has 5 nitrogen and oxygen atoms in total. The number of rotatable bonds is 8. The molecule has 0 saturated heterocycles. The number of carbonyl (C=O) groups is 1. The Kier molecular flexibility index (Phi) is 7.33. The molecule has 0 saturated carbocycles. The van der Waals surface area contributed by atoms with E-state index in [0.717, 1.165) is 32.5 Å². The Morgan fingerprint density at radius 1 is 1.07 bits per heavy atom. The van der Waals surface area contributed by atoms with Crippen molar-refractivity contribution in [3.63, 3.8) is 0 Å². The molecular weight excluding hydrogens is 390 g/mol. The number of amides is 1. The maximum absolute atomic E-state index is 12.3. The Hall–Kier alpha value is -2.51. The van der Waals surface area contributed by atoms with Crippen LogP contribution in [-0.2, 0) is 4.79 Å². The van der Waals surface area contributed by atoms with Crippen molar-refractivity contribution < 1.29 is 9.53 Å². The first-order valence-corrected chi connectivity index (χ1v) is 10.6. The number of thioether (sulfide) groups is 1. The number of hydrogen-bond acceptors (Lipinski definition) is 6. The maximum atomic E-state index is 12.3. The van der Waals surface area contributed by atoms with Gasteiger partial charge in [-0.05, 0) is 72.8 Å². The van der Waals surface area contributed by atoms with Gasteiger partial charge in [0.2, 0.25) is 5.91 Å². The third kappa shape index (κ3) is 6.00. The van der Waals surface area contributed by atoms with Crippen LogP contribution in [0.15, 0.2) is 75.9 Å². The van der Waals surface area contributed by atoms with Gasteiger partial charge in [-0.3, -0.25) is 4.79 Å². The number of aromatic nitrogens is 2. The molecule has 0 fully saturated rings. The number of ether oxygens (including phenoxy) is 1. The van der Waals surface area contributed by atoms with Crippen LogP contribution in [0.3, 0.4) is 0 Å². The molecule has 3 rings (SSSR count). The maximum Gasteiger partial charge on any atom is 0.225 e. The Bertz CT molecular complexity index is 919. The van der Waals surface area contributed by atoms with Gasteiger partial charge in [0.05, 0.1) is 7.11 Å². The van der Waals surface area contributed by atoms with Crippen molar-refractivity contribution in [1.29, 1.82) is 0 Å². The first-order valence-electron chi connectivity index (χ1n) is 8.76. The molecule has 7 heteroatoms. The lowest BCUT2D eigenvalue weighted by Crippen LogP contribution is -2.13. The number of benzene rings is 2. The van der Waals surface area contributed by atoms with Crippen molar-refractivity contribution in [2.24, 2.45) is 0 Å². The summed E-state index contributed by atoms with van der Waals surface area (Å²) in [5.41, 5.74) is 1.84. The second-order valence-corrected chi connectivity index (χ2v) is 8.14. The van der Waals surface area contributed by atoms with Gasteiger partial charge < -0.3 is 10.1 Å². The predicted octanol–water partition coefficient (Wildman–Crippen LogP) is 5.07. The first kappa shape index (κ1) is 20.2. The van der Waals surface area contributed by atoms with Crippen molar-refractivity contribution in [3.8, 4) is 5.75 Å². The largest absolute Gasteiger partial charge is 0.497 e. The summed E-state index contributed by atoms with van der Waals surface area (Å²) in [6.07, 6.45) is 3.89. The summed E-state index contributed by atoms with van der Waals surface area (Å²) in [5, 5.41) is 3.70. The Balaban J connectivity index is 1.49. The van der Waals surface area contributed by atoms with Gasteiger partial charge in [0, 0.05) is 40.0 Å². The summed E-state index contributed by atoms with van der Waals surface area (Å²) < 4.78 is 5.15. The average molecular weight is 412 g/mol. The summed E-state index contributed by atoms with van der Waals surface area (Å²) >= 11 is 3.15. The molecule has 0 radical (unpaired) electrons. The van der Waals surface area contributed by atoms with Gasteiger partial charge in [0.1, 0.15) is 5.75 Å². The van der Waals surface area contributed by atoms with E-state index in [9.17, 15) is 4.79 Å². The third-order valence-electron chi connectivity index (χ3n) is 3.88. The lowest BCUT2D eigenvalue weighted by Gasteiger charge is -2.10. The highest BCUT2D eigenvalue weighted by Crippen LogP contribution is 2.28. The predicted molar refractivity (Wildman–Crippen MR) is 114 cm³/mol. The van der Waals surface area contributed by atoms with Crippen LogP contribution in [0.1, 0.15) is 12.0 Å². The van der Waals surface area contributed by atoms with Crippen LogP contribution in [0.4, 0.5) is 5.69 Å². The minimum atomic E-state index is 0.0101. The monoisotopic (exact) mass is 411 g/mol. The highest BCUT2D eigenvalue weighted by Gasteiger charge is 2.07. The summed E-state index contributed by atoms with van der Waals surface area (Å²) in [6, 6.07) is 15.6. The molecule has 3 aromatic rings. The van der Waals surface area contributed by atoms with E-state index >= 15 is 0 Å². The zero-order valence-electron chi connectivity index (χ0n) is 15.7. The summed E-state index contributed by atoms with van der Waals surface area (Å²) in [7, 11) is 1.65. The second-order valence-electron chi connectivity index (χ2n) is 5.93. The van der Waals surface area contributed by atoms with E-state index in [0.29, 0.717) is 11.6 Å². The van der Waals surface area contributed by atoms with Gasteiger partial charge in [-0.1, -0.05) is 0 Å². The lowest BCUT2D eigenvalue weighted by molar-refractivity contribution is -0.115. The minimum absolute atomic E-state index is 0.0101. The molecule has 1 amide bonds. The number of aryl methyl sites for hydroxylation is 1. The number of anilines is 1. The fraction of sp³-hybridized carbons (Fsp3) is 0.190. The zero-order valence-corrected chi connectivity index (χ0v) is 17.3. The number of methoxy groups -OCH3 is 1. The van der Waals surface area contributed by atoms with E-state index in [1.807, 2.05) is 49.4 Å². The van der Waals surface area contributed by atoms with Crippen LogP contribution < -0.4 is 10.1 Å². The fourth-order valence-corrected chi connectivity index (χ4v) is 4.09. The average Bonchev–Trinajstić information content (AvgIpc) is 2.71. The van der Waals surface area contributed by atoms with Crippen LogP contribution in [0.2, 0.25) is 0 Å². The molecule has 0 atom stereocenters. The van der Waals surface area contributed by atoms with Crippen molar-refractivity contribution in [3.05, 3.63) is 66.5 Å². The topological polar surface area (TPSA) is 64.1 Å². The molecule has 2 aromatic carbocycles. The molecule has 0 aliphatic rings. The standard InChI is InChI=1S/C21H21N3O2S2/c1-15-14-18(28-21-22-11-3-12-23-21)8-9-19(15)24-20(25)10-13-27-17-6-4-16(26-2)5-7-17/h3-9,11-12,14H,10,13H2,1-2H3,(H,24,25). The molecule has 0 aliphatic heterocycles. The van der Waals surface area contributed by atoms with Gasteiger partial charge >= 0.3 is 0 Å². The van der Waals surface area contributed by atoms with Crippen LogP contribution in [0.5, 0.6) is 5.75 Å². The first-order chi connectivity index (χ1) is 13.6. The number of nitrogens with zero attached hydrogens (tertiary/aromatic N) is 2. The zero-order chi connectivity index (χ0) is 19.8. The summed E-state index contributed by atoms with van der Waals surface area (Å²) in [4.78, 5) is 22.9. The van der Waals surface area contributed by atoms with Crippen molar-refractivity contribution in [2.45, 2.75) is 28.3 Å². The Labute approximate surface area is 173 Å². The smallest absolute Gasteiger partial charge is 0.225 e. The normalized spacial score (nSPS) is 10.5. The third-order valence-corrected chi connectivity index (χ3v) is 5.78. The number of hydrogen-bond donors (Lipinski definition) is 1. The van der Waals surface area contributed by atoms with Gasteiger partial charge in [-0.15, -0.1) is 11.8 Å². The van der Waals surface area contributed by atoms with Crippen LogP contribution in [0, 0.1) is 6.92 Å². The van der Waals surface area contributed by atoms with Gasteiger partial charge in [-0.25, -0.2) is 9.97 Å². The second kappa shape index (κ2) is 10.1. The Morgan fingerprint density at radius 2 is 1.79 bits per heavy atom. The molecule has 1 aromatic heterocycles. The van der Waals surface area contributed by atoms with E-state index in [1.54, 1.807) is 37.3 Å². The van der Waals surface area contributed by atoms with Gasteiger partial charge in [0.25, 0.3) is 0 Å². The highest BCUT2D eigenvalue weighted by molar-refractivity contribution is 7.99. The number of nitrogens with one attached hydrogen (secondary N) is 1. The molecule has 0 aliphatic carbocycles. The summed E-state index contributed by atoms with van der Waals surface area (Å²) in [5.74, 6) is 1.56. The molecule has 0 unspecified atom stereocenters. The van der Waals surface area contributed by atoms with Crippen LogP contribution >= 0.6 is 23.5 Å². The molecule has 1 heterocycles. The minimum Gasteiger partial charge on any atom is -0.497 e. The fourth-order valence-electron chi connectivity index (χ4n) is 2.43. The molecular formula is C21H21N3O2S2.